The first-order valence-corrected chi connectivity index (χ1v) is 15.2. The third-order valence-corrected chi connectivity index (χ3v) is 8.08. The van der Waals surface area contributed by atoms with Crippen molar-refractivity contribution in [2.24, 2.45) is 0 Å². The normalized spacial score (nSPS) is 11.0. The van der Waals surface area contributed by atoms with E-state index in [1.165, 1.54) is 0 Å². The van der Waals surface area contributed by atoms with Crippen LogP contribution in [0, 0.1) is 6.92 Å². The van der Waals surface area contributed by atoms with Gasteiger partial charge in [-0.15, -0.1) is 16.4 Å². The van der Waals surface area contributed by atoms with Crippen molar-refractivity contribution in [3.8, 4) is 28.9 Å². The molecule has 0 saturated carbocycles. The molecular weight excluding hydrogens is 590 g/mol. The molecule has 45 heavy (non-hydrogen) atoms. The molecule has 3 aromatic heterocycles. The number of para-hydroxylation sites is 1. The van der Waals surface area contributed by atoms with Gasteiger partial charge in [0.1, 0.15) is 29.0 Å². The highest BCUT2D eigenvalue weighted by Gasteiger charge is 2.16. The van der Waals surface area contributed by atoms with Crippen molar-refractivity contribution in [1.29, 1.82) is 0 Å². The lowest BCUT2D eigenvalue weighted by Crippen LogP contribution is -2.09. The maximum Gasteiger partial charge on any atom is 0.243 e. The summed E-state index contributed by atoms with van der Waals surface area (Å²) in [7, 11) is 4.91. The standard InChI is InChI=1S/C33H33N7O4S/c1-21-35-30(18-31(36-21)44-20-32-37-25-7-5-6-8-28(25)45-32)40-29(16-12-22-11-15-26(42-3)27(17-22)43-4)38-33(39-40)34-19-23-9-13-24(41-2)14-10-23/h5-11,13-15,17-18H,12,16,19-20H2,1-4H3,(H,34,39). The van der Waals surface area contributed by atoms with E-state index in [1.807, 2.05) is 67.6 Å². The smallest absolute Gasteiger partial charge is 0.243 e. The highest BCUT2D eigenvalue weighted by molar-refractivity contribution is 7.18. The van der Waals surface area contributed by atoms with E-state index in [1.54, 1.807) is 43.4 Å². The topological polar surface area (TPSA) is 118 Å². The summed E-state index contributed by atoms with van der Waals surface area (Å²) in [6.45, 7) is 2.67. The van der Waals surface area contributed by atoms with E-state index in [-0.39, 0.29) is 0 Å². The Morgan fingerprint density at radius 1 is 0.778 bits per heavy atom. The van der Waals surface area contributed by atoms with Crippen LogP contribution in [0.1, 0.15) is 27.8 Å². The van der Waals surface area contributed by atoms with E-state index >= 15 is 0 Å². The minimum absolute atomic E-state index is 0.299. The van der Waals surface area contributed by atoms with Gasteiger partial charge in [-0.05, 0) is 60.9 Å². The van der Waals surface area contributed by atoms with Gasteiger partial charge in [0.25, 0.3) is 0 Å². The van der Waals surface area contributed by atoms with Crippen molar-refractivity contribution in [2.45, 2.75) is 32.9 Å². The Balaban J connectivity index is 1.25. The molecule has 0 spiro atoms. The second-order valence-corrected chi connectivity index (χ2v) is 11.2. The Labute approximate surface area is 264 Å². The number of methoxy groups -OCH3 is 3. The van der Waals surface area contributed by atoms with E-state index in [9.17, 15) is 0 Å². The number of benzene rings is 3. The third-order valence-electron chi connectivity index (χ3n) is 7.07. The van der Waals surface area contributed by atoms with Gasteiger partial charge in [0, 0.05) is 19.0 Å². The fourth-order valence-electron chi connectivity index (χ4n) is 4.81. The molecule has 6 aromatic rings. The Morgan fingerprint density at radius 3 is 2.36 bits per heavy atom. The number of anilines is 1. The van der Waals surface area contributed by atoms with Crippen molar-refractivity contribution in [3.63, 3.8) is 0 Å². The molecule has 0 aliphatic carbocycles. The number of aryl methyl sites for hydroxylation is 3. The summed E-state index contributed by atoms with van der Waals surface area (Å²) in [6.07, 6.45) is 1.29. The molecular formula is C33H33N7O4S. The van der Waals surface area contributed by atoms with Crippen molar-refractivity contribution < 1.29 is 18.9 Å². The minimum Gasteiger partial charge on any atom is -0.497 e. The van der Waals surface area contributed by atoms with Crippen molar-refractivity contribution in [3.05, 3.63) is 101 Å². The van der Waals surface area contributed by atoms with E-state index in [0.717, 1.165) is 37.9 Å². The third kappa shape index (κ3) is 7.13. The van der Waals surface area contributed by atoms with Crippen LogP contribution in [-0.4, -0.2) is 51.0 Å². The van der Waals surface area contributed by atoms with Crippen molar-refractivity contribution in [1.82, 2.24) is 29.7 Å². The minimum atomic E-state index is 0.299. The number of hydrogen-bond acceptors (Lipinski definition) is 11. The first kappa shape index (κ1) is 29.8. The van der Waals surface area contributed by atoms with Crippen LogP contribution in [0.25, 0.3) is 16.0 Å². The van der Waals surface area contributed by atoms with Gasteiger partial charge in [0.2, 0.25) is 11.8 Å². The van der Waals surface area contributed by atoms with Gasteiger partial charge in [-0.25, -0.2) is 9.97 Å². The molecule has 0 fully saturated rings. The molecule has 11 nitrogen and oxygen atoms in total. The van der Waals surface area contributed by atoms with E-state index < -0.39 is 0 Å². The van der Waals surface area contributed by atoms with Gasteiger partial charge in [-0.1, -0.05) is 30.3 Å². The number of rotatable bonds is 13. The summed E-state index contributed by atoms with van der Waals surface area (Å²) in [5, 5.41) is 9.02. The van der Waals surface area contributed by atoms with Crippen LogP contribution in [0.4, 0.5) is 5.95 Å². The summed E-state index contributed by atoms with van der Waals surface area (Å²) < 4.78 is 25.1. The molecule has 12 heteroatoms. The lowest BCUT2D eigenvalue weighted by atomic mass is 10.1. The van der Waals surface area contributed by atoms with Crippen LogP contribution in [0.5, 0.6) is 23.1 Å². The molecule has 3 aromatic carbocycles. The number of nitrogens with zero attached hydrogens (tertiary/aromatic N) is 6. The van der Waals surface area contributed by atoms with Gasteiger partial charge >= 0.3 is 0 Å². The molecule has 0 bridgehead atoms. The lowest BCUT2D eigenvalue weighted by Gasteiger charge is -2.10. The van der Waals surface area contributed by atoms with E-state index in [4.69, 9.17) is 29.0 Å². The van der Waals surface area contributed by atoms with Gasteiger partial charge in [0.15, 0.2) is 17.3 Å². The molecule has 0 atom stereocenters. The number of nitrogens with one attached hydrogen (secondary N) is 1. The second kappa shape index (κ2) is 13.6. The summed E-state index contributed by atoms with van der Waals surface area (Å²) in [6, 6.07) is 23.6. The van der Waals surface area contributed by atoms with Gasteiger partial charge in [-0.2, -0.15) is 14.6 Å². The quantitative estimate of drug-likeness (QED) is 0.165. The Kier molecular flexibility index (Phi) is 9.01. The molecule has 1 N–H and O–H groups in total. The van der Waals surface area contributed by atoms with Crippen LogP contribution < -0.4 is 24.3 Å². The van der Waals surface area contributed by atoms with Crippen LogP contribution in [0.3, 0.4) is 0 Å². The average molecular weight is 624 g/mol. The van der Waals surface area contributed by atoms with Crippen LogP contribution in [0.2, 0.25) is 0 Å². The highest BCUT2D eigenvalue weighted by Crippen LogP contribution is 2.28. The summed E-state index contributed by atoms with van der Waals surface area (Å²) >= 11 is 1.60. The predicted octanol–water partition coefficient (Wildman–Crippen LogP) is 5.98. The number of thiazole rings is 1. The fraction of sp³-hybridized carbons (Fsp3) is 0.242. The zero-order valence-electron chi connectivity index (χ0n) is 25.5. The van der Waals surface area contributed by atoms with Crippen LogP contribution in [0.15, 0.2) is 72.8 Å². The average Bonchev–Trinajstić information content (AvgIpc) is 3.69. The predicted molar refractivity (Wildman–Crippen MR) is 173 cm³/mol. The summed E-state index contributed by atoms with van der Waals surface area (Å²) in [5.41, 5.74) is 3.10. The number of hydrogen-bond donors (Lipinski definition) is 1. The zero-order chi connectivity index (χ0) is 31.2. The number of fused-ring (bicyclic) bond motifs is 1. The van der Waals surface area contributed by atoms with Crippen molar-refractivity contribution >= 4 is 27.5 Å². The Bertz CT molecular complexity index is 1870. The molecule has 0 saturated heterocycles. The fourth-order valence-corrected chi connectivity index (χ4v) is 5.69. The maximum absolute atomic E-state index is 6.10. The van der Waals surface area contributed by atoms with Crippen LogP contribution in [-0.2, 0) is 26.0 Å². The van der Waals surface area contributed by atoms with Gasteiger partial charge < -0.3 is 24.3 Å². The highest BCUT2D eigenvalue weighted by atomic mass is 32.1. The zero-order valence-corrected chi connectivity index (χ0v) is 26.3. The van der Waals surface area contributed by atoms with Gasteiger partial charge in [-0.3, -0.25) is 0 Å². The molecule has 0 radical (unpaired) electrons. The maximum atomic E-state index is 6.10. The first-order valence-electron chi connectivity index (χ1n) is 14.4. The SMILES string of the molecule is COc1ccc(CNc2nc(CCc3ccc(OC)c(OC)c3)n(-c3cc(OCc4nc5ccccc5s4)nc(C)n3)n2)cc1. The molecule has 6 rings (SSSR count). The first-order chi connectivity index (χ1) is 22.0. The molecule has 0 aliphatic rings. The Hall–Kier alpha value is -5.23. The lowest BCUT2D eigenvalue weighted by molar-refractivity contribution is 0.292. The van der Waals surface area contributed by atoms with E-state index in [2.05, 4.69) is 26.3 Å². The summed E-state index contributed by atoms with van der Waals surface area (Å²) in [4.78, 5) is 18.7. The van der Waals surface area contributed by atoms with Crippen LogP contribution >= 0.6 is 11.3 Å². The molecule has 0 unspecified atom stereocenters. The van der Waals surface area contributed by atoms with Gasteiger partial charge in [0.05, 0.1) is 31.5 Å². The molecule has 0 amide bonds. The molecule has 0 aliphatic heterocycles. The molecule has 230 valence electrons. The monoisotopic (exact) mass is 623 g/mol. The molecule has 3 heterocycles. The Morgan fingerprint density at radius 2 is 1.58 bits per heavy atom. The second-order valence-electron chi connectivity index (χ2n) is 10.1. The summed E-state index contributed by atoms with van der Waals surface area (Å²) in [5.74, 6) is 4.95. The largest absolute Gasteiger partial charge is 0.497 e. The number of aromatic nitrogens is 6. The van der Waals surface area contributed by atoms with E-state index in [0.29, 0.717) is 61.0 Å². The number of ether oxygens (including phenoxy) is 4. The van der Waals surface area contributed by atoms with Crippen molar-refractivity contribution in [2.75, 3.05) is 26.6 Å².